The number of nitrogens with zero attached hydrogens (tertiary/aromatic N) is 1. The largest absolute Gasteiger partial charge is 0.393 e. The van der Waals surface area contributed by atoms with E-state index in [0.29, 0.717) is 0 Å². The quantitative estimate of drug-likeness (QED) is 0.630. The Kier molecular flexibility index (Phi) is 5.72. The topological polar surface area (TPSA) is 40.5 Å². The summed E-state index contributed by atoms with van der Waals surface area (Å²) in [5, 5.41) is 8.95. The molecule has 1 atom stereocenters. The molecule has 0 spiro atoms. The summed E-state index contributed by atoms with van der Waals surface area (Å²) in [5.74, 6) is 0.104. The van der Waals surface area contributed by atoms with Crippen molar-refractivity contribution < 1.29 is 9.90 Å². The summed E-state index contributed by atoms with van der Waals surface area (Å²) >= 11 is 0. The predicted octanol–water partition coefficient (Wildman–Crippen LogP) is 1.02. The van der Waals surface area contributed by atoms with Gasteiger partial charge in [0.1, 0.15) is 0 Å². The highest BCUT2D eigenvalue weighted by Gasteiger charge is 2.01. The number of carbonyl (C=O) groups excluding carboxylic acids is 1. The number of hydrogen-bond donors (Lipinski definition) is 1. The lowest BCUT2D eigenvalue weighted by molar-refractivity contribution is -0.127. The predicted molar refractivity (Wildman–Crippen MR) is 48.8 cm³/mol. The van der Waals surface area contributed by atoms with Crippen molar-refractivity contribution in [2.45, 2.75) is 39.2 Å². The molecule has 0 aliphatic carbocycles. The van der Waals surface area contributed by atoms with E-state index in [4.69, 9.17) is 5.11 Å². The zero-order valence-corrected chi connectivity index (χ0v) is 8.21. The minimum atomic E-state index is -0.215. The zero-order chi connectivity index (χ0) is 9.56. The first kappa shape index (κ1) is 11.4. The first-order valence-electron chi connectivity index (χ1n) is 4.43. The Morgan fingerprint density at radius 1 is 1.50 bits per heavy atom. The number of carbonyl (C=O) groups is 1. The molecule has 0 aliphatic heterocycles. The molecule has 0 aromatic heterocycles. The van der Waals surface area contributed by atoms with Crippen molar-refractivity contribution in [3.05, 3.63) is 0 Å². The molecule has 1 unspecified atom stereocenters. The van der Waals surface area contributed by atoms with Crippen molar-refractivity contribution in [3.8, 4) is 0 Å². The number of unbranched alkanes of at least 4 members (excludes halogenated alkanes) is 1. The van der Waals surface area contributed by atoms with Gasteiger partial charge in [0.05, 0.1) is 6.10 Å². The number of aliphatic hydroxyl groups excluding tert-OH is 1. The normalized spacial score (nSPS) is 12.7. The van der Waals surface area contributed by atoms with E-state index in [9.17, 15) is 4.79 Å². The maximum Gasteiger partial charge on any atom is 0.219 e. The lowest BCUT2D eigenvalue weighted by Gasteiger charge is -2.14. The van der Waals surface area contributed by atoms with E-state index < -0.39 is 0 Å². The fourth-order valence-electron chi connectivity index (χ4n) is 0.946. The van der Waals surface area contributed by atoms with Crippen LogP contribution in [0.4, 0.5) is 0 Å². The van der Waals surface area contributed by atoms with Crippen LogP contribution in [0.15, 0.2) is 0 Å². The van der Waals surface area contributed by atoms with Gasteiger partial charge in [0, 0.05) is 20.5 Å². The minimum Gasteiger partial charge on any atom is -0.393 e. The van der Waals surface area contributed by atoms with Gasteiger partial charge in [-0.2, -0.15) is 0 Å². The number of rotatable bonds is 5. The van der Waals surface area contributed by atoms with Crippen LogP contribution in [0.25, 0.3) is 0 Å². The van der Waals surface area contributed by atoms with Crippen LogP contribution >= 0.6 is 0 Å². The molecule has 0 bridgehead atoms. The summed E-state index contributed by atoms with van der Waals surface area (Å²) in [6, 6.07) is 0. The third kappa shape index (κ3) is 6.16. The minimum absolute atomic E-state index is 0.104. The lowest BCUT2D eigenvalue weighted by Crippen LogP contribution is -2.24. The summed E-state index contributed by atoms with van der Waals surface area (Å²) in [6.07, 6.45) is 2.56. The monoisotopic (exact) mass is 173 g/mol. The first-order chi connectivity index (χ1) is 5.54. The molecule has 12 heavy (non-hydrogen) atoms. The number of hydrogen-bond acceptors (Lipinski definition) is 2. The third-order valence-electron chi connectivity index (χ3n) is 1.90. The number of amides is 1. The second kappa shape index (κ2) is 6.00. The highest BCUT2D eigenvalue weighted by atomic mass is 16.3. The average Bonchev–Trinajstić information content (AvgIpc) is 1.97. The van der Waals surface area contributed by atoms with Crippen LogP contribution in [-0.2, 0) is 4.79 Å². The Bertz CT molecular complexity index is 134. The fraction of sp³-hybridized carbons (Fsp3) is 0.889. The van der Waals surface area contributed by atoms with Gasteiger partial charge in [-0.05, 0) is 26.2 Å². The molecule has 0 rings (SSSR count). The molecule has 3 heteroatoms. The van der Waals surface area contributed by atoms with E-state index in [1.54, 1.807) is 25.8 Å². The Hall–Kier alpha value is -0.570. The smallest absolute Gasteiger partial charge is 0.219 e. The van der Waals surface area contributed by atoms with Crippen LogP contribution < -0.4 is 0 Å². The molecule has 0 aliphatic rings. The van der Waals surface area contributed by atoms with E-state index in [1.165, 1.54) is 0 Å². The summed E-state index contributed by atoms with van der Waals surface area (Å²) in [5.41, 5.74) is 0. The summed E-state index contributed by atoms with van der Waals surface area (Å²) < 4.78 is 0. The first-order valence-corrected chi connectivity index (χ1v) is 4.43. The second-order valence-corrected chi connectivity index (χ2v) is 3.29. The molecule has 0 saturated carbocycles. The standard InChI is InChI=1S/C9H19NO2/c1-8(11)6-4-5-7-10(3)9(2)12/h8,11H,4-7H2,1-3H3. The van der Waals surface area contributed by atoms with Gasteiger partial charge < -0.3 is 10.0 Å². The average molecular weight is 173 g/mol. The van der Waals surface area contributed by atoms with Crippen molar-refractivity contribution in [2.24, 2.45) is 0 Å². The van der Waals surface area contributed by atoms with Gasteiger partial charge in [0.2, 0.25) is 5.91 Å². The van der Waals surface area contributed by atoms with E-state index in [-0.39, 0.29) is 12.0 Å². The van der Waals surface area contributed by atoms with Crippen molar-refractivity contribution in [3.63, 3.8) is 0 Å². The zero-order valence-electron chi connectivity index (χ0n) is 8.21. The Morgan fingerprint density at radius 2 is 2.08 bits per heavy atom. The van der Waals surface area contributed by atoms with Crippen molar-refractivity contribution in [1.29, 1.82) is 0 Å². The van der Waals surface area contributed by atoms with Crippen molar-refractivity contribution >= 4 is 5.91 Å². The summed E-state index contributed by atoms with van der Waals surface area (Å²) in [7, 11) is 1.80. The lowest BCUT2D eigenvalue weighted by atomic mass is 10.2. The molecule has 1 N–H and O–H groups in total. The van der Waals surface area contributed by atoms with E-state index in [0.717, 1.165) is 25.8 Å². The molecule has 3 nitrogen and oxygen atoms in total. The molecule has 0 aromatic rings. The molecule has 0 radical (unpaired) electrons. The van der Waals surface area contributed by atoms with Crippen LogP contribution in [0.2, 0.25) is 0 Å². The molecular weight excluding hydrogens is 154 g/mol. The highest BCUT2D eigenvalue weighted by Crippen LogP contribution is 2.00. The summed E-state index contributed by atoms with van der Waals surface area (Å²) in [4.78, 5) is 12.4. The molecule has 1 amide bonds. The van der Waals surface area contributed by atoms with Gasteiger partial charge in [-0.15, -0.1) is 0 Å². The van der Waals surface area contributed by atoms with Gasteiger partial charge >= 0.3 is 0 Å². The maximum absolute atomic E-state index is 10.7. The van der Waals surface area contributed by atoms with Crippen molar-refractivity contribution in [2.75, 3.05) is 13.6 Å². The van der Waals surface area contributed by atoms with Gasteiger partial charge in [-0.3, -0.25) is 4.79 Å². The van der Waals surface area contributed by atoms with Crippen LogP contribution in [-0.4, -0.2) is 35.6 Å². The van der Waals surface area contributed by atoms with Crippen LogP contribution in [0.3, 0.4) is 0 Å². The van der Waals surface area contributed by atoms with E-state index in [2.05, 4.69) is 0 Å². The van der Waals surface area contributed by atoms with Gasteiger partial charge in [-0.25, -0.2) is 0 Å². The van der Waals surface area contributed by atoms with E-state index in [1.807, 2.05) is 0 Å². The molecule has 72 valence electrons. The Balaban J connectivity index is 3.25. The fourth-order valence-corrected chi connectivity index (χ4v) is 0.946. The van der Waals surface area contributed by atoms with Gasteiger partial charge in [0.15, 0.2) is 0 Å². The van der Waals surface area contributed by atoms with E-state index >= 15 is 0 Å². The van der Waals surface area contributed by atoms with Gasteiger partial charge in [-0.1, -0.05) is 0 Å². The summed E-state index contributed by atoms with van der Waals surface area (Å²) in [6.45, 7) is 4.14. The maximum atomic E-state index is 10.7. The molecule has 0 saturated heterocycles. The highest BCUT2D eigenvalue weighted by molar-refractivity contribution is 5.72. The second-order valence-electron chi connectivity index (χ2n) is 3.29. The molecular formula is C9H19NO2. The van der Waals surface area contributed by atoms with Crippen molar-refractivity contribution in [1.82, 2.24) is 4.90 Å². The molecule has 0 heterocycles. The molecule has 0 fully saturated rings. The number of aliphatic hydroxyl groups is 1. The van der Waals surface area contributed by atoms with Crippen LogP contribution in [0, 0.1) is 0 Å². The third-order valence-corrected chi connectivity index (χ3v) is 1.90. The Labute approximate surface area is 74.4 Å². The van der Waals surface area contributed by atoms with Gasteiger partial charge in [0.25, 0.3) is 0 Å². The van der Waals surface area contributed by atoms with Crippen LogP contribution in [0.5, 0.6) is 0 Å². The Morgan fingerprint density at radius 3 is 2.50 bits per heavy atom. The van der Waals surface area contributed by atoms with Crippen LogP contribution in [0.1, 0.15) is 33.1 Å². The molecule has 0 aromatic carbocycles. The SMILES string of the molecule is CC(=O)N(C)CCCCC(C)O.